The van der Waals surface area contributed by atoms with Gasteiger partial charge in [0.2, 0.25) is 5.89 Å². The predicted octanol–water partition coefficient (Wildman–Crippen LogP) is 2.65. The molecule has 1 aromatic carbocycles. The molecule has 0 amide bonds. The number of aromatic nitrogens is 2. The van der Waals surface area contributed by atoms with Gasteiger partial charge in [0.25, 0.3) is 10.0 Å². The van der Waals surface area contributed by atoms with Crippen molar-refractivity contribution in [3.8, 4) is 0 Å². The quantitative estimate of drug-likeness (QED) is 0.938. The standard InChI is InChI=1S/C11H12ClN3O3S/c1-7(2)10-13-14-11(18-10)15-19(16,17)9-5-3-4-8(12)6-9/h3-7H,1-2H3,(H,14,15). The lowest BCUT2D eigenvalue weighted by atomic mass is 10.2. The molecule has 0 atom stereocenters. The number of halogens is 1. The first kappa shape index (κ1) is 13.8. The van der Waals surface area contributed by atoms with E-state index in [1.807, 2.05) is 13.8 Å². The van der Waals surface area contributed by atoms with Crippen LogP contribution in [0.3, 0.4) is 0 Å². The van der Waals surface area contributed by atoms with Gasteiger partial charge in [0.15, 0.2) is 0 Å². The Hall–Kier alpha value is -1.60. The van der Waals surface area contributed by atoms with Crippen LogP contribution in [-0.2, 0) is 10.0 Å². The lowest BCUT2D eigenvalue weighted by Crippen LogP contribution is -2.13. The Morgan fingerprint density at radius 3 is 2.63 bits per heavy atom. The maximum atomic E-state index is 12.0. The van der Waals surface area contributed by atoms with Gasteiger partial charge >= 0.3 is 6.01 Å². The molecule has 0 saturated heterocycles. The highest BCUT2D eigenvalue weighted by Crippen LogP contribution is 2.20. The first-order valence-electron chi connectivity index (χ1n) is 5.50. The molecule has 0 fully saturated rings. The fourth-order valence-electron chi connectivity index (χ4n) is 1.32. The minimum atomic E-state index is -3.78. The van der Waals surface area contributed by atoms with Crippen molar-refractivity contribution in [2.45, 2.75) is 24.7 Å². The molecule has 1 heterocycles. The summed E-state index contributed by atoms with van der Waals surface area (Å²) in [4.78, 5) is 0.0318. The van der Waals surface area contributed by atoms with Crippen molar-refractivity contribution in [2.24, 2.45) is 0 Å². The van der Waals surface area contributed by atoms with E-state index in [-0.39, 0.29) is 16.8 Å². The Labute approximate surface area is 115 Å². The van der Waals surface area contributed by atoms with Gasteiger partial charge in [-0.25, -0.2) is 13.1 Å². The molecule has 0 aliphatic carbocycles. The third-order valence-electron chi connectivity index (χ3n) is 2.26. The second-order valence-electron chi connectivity index (χ2n) is 4.16. The highest BCUT2D eigenvalue weighted by molar-refractivity contribution is 7.92. The van der Waals surface area contributed by atoms with Crippen LogP contribution in [0.5, 0.6) is 0 Å². The van der Waals surface area contributed by atoms with Gasteiger partial charge in [-0.3, -0.25) is 0 Å². The molecule has 0 saturated carbocycles. The van der Waals surface area contributed by atoms with E-state index >= 15 is 0 Å². The number of hydrogen-bond donors (Lipinski definition) is 1. The van der Waals surface area contributed by atoms with Crippen LogP contribution in [0.4, 0.5) is 6.01 Å². The van der Waals surface area contributed by atoms with Gasteiger partial charge in [-0.05, 0) is 18.2 Å². The van der Waals surface area contributed by atoms with Crippen LogP contribution in [0, 0.1) is 0 Å². The van der Waals surface area contributed by atoms with Crippen molar-refractivity contribution in [2.75, 3.05) is 4.72 Å². The van der Waals surface area contributed by atoms with E-state index in [1.165, 1.54) is 12.1 Å². The molecule has 8 heteroatoms. The number of nitrogens with zero attached hydrogens (tertiary/aromatic N) is 2. The predicted molar refractivity (Wildman–Crippen MR) is 70.6 cm³/mol. The lowest BCUT2D eigenvalue weighted by molar-refractivity contribution is 0.483. The first-order chi connectivity index (χ1) is 8.88. The molecule has 6 nitrogen and oxygen atoms in total. The van der Waals surface area contributed by atoms with E-state index in [1.54, 1.807) is 12.1 Å². The van der Waals surface area contributed by atoms with E-state index in [2.05, 4.69) is 14.9 Å². The van der Waals surface area contributed by atoms with E-state index < -0.39 is 10.0 Å². The molecule has 0 spiro atoms. The lowest BCUT2D eigenvalue weighted by Gasteiger charge is -2.04. The minimum absolute atomic E-state index is 0.0249. The van der Waals surface area contributed by atoms with Gasteiger partial charge in [-0.2, -0.15) is 0 Å². The number of hydrogen-bond acceptors (Lipinski definition) is 5. The third kappa shape index (κ3) is 3.24. The van der Waals surface area contributed by atoms with Gasteiger partial charge in [0, 0.05) is 10.9 Å². The molecule has 0 aliphatic rings. The maximum Gasteiger partial charge on any atom is 0.329 e. The zero-order valence-electron chi connectivity index (χ0n) is 10.3. The Balaban J connectivity index is 2.26. The molecule has 0 unspecified atom stereocenters. The van der Waals surface area contributed by atoms with Gasteiger partial charge < -0.3 is 4.42 Å². The highest BCUT2D eigenvalue weighted by atomic mass is 35.5. The number of rotatable bonds is 4. The molecule has 2 rings (SSSR count). The summed E-state index contributed by atoms with van der Waals surface area (Å²) in [7, 11) is -3.78. The second-order valence-corrected chi connectivity index (χ2v) is 6.28. The zero-order valence-corrected chi connectivity index (χ0v) is 11.9. The van der Waals surface area contributed by atoms with E-state index in [4.69, 9.17) is 16.0 Å². The summed E-state index contributed by atoms with van der Waals surface area (Å²) in [5, 5.41) is 7.70. The first-order valence-corrected chi connectivity index (χ1v) is 7.36. The van der Waals surface area contributed by atoms with Crippen molar-refractivity contribution in [3.05, 3.63) is 35.2 Å². The Morgan fingerprint density at radius 2 is 2.05 bits per heavy atom. The third-order valence-corrected chi connectivity index (χ3v) is 3.82. The van der Waals surface area contributed by atoms with Crippen LogP contribution in [-0.4, -0.2) is 18.6 Å². The largest absolute Gasteiger partial charge is 0.407 e. The maximum absolute atomic E-state index is 12.0. The van der Waals surface area contributed by atoms with E-state index in [0.717, 1.165) is 0 Å². The van der Waals surface area contributed by atoms with Crippen LogP contribution in [0.1, 0.15) is 25.7 Å². The van der Waals surface area contributed by atoms with Gasteiger partial charge in [0.05, 0.1) is 4.90 Å². The molecular formula is C11H12ClN3O3S. The smallest absolute Gasteiger partial charge is 0.329 e. The molecule has 0 aliphatic heterocycles. The second kappa shape index (κ2) is 5.18. The Morgan fingerprint density at radius 1 is 1.32 bits per heavy atom. The molecule has 1 aromatic heterocycles. The summed E-state index contributed by atoms with van der Waals surface area (Å²) in [6, 6.07) is 5.73. The summed E-state index contributed by atoms with van der Waals surface area (Å²) in [6.07, 6.45) is 0. The van der Waals surface area contributed by atoms with Crippen molar-refractivity contribution in [3.63, 3.8) is 0 Å². The number of anilines is 1. The van der Waals surface area contributed by atoms with E-state index in [9.17, 15) is 8.42 Å². The fourth-order valence-corrected chi connectivity index (χ4v) is 2.54. The average Bonchev–Trinajstić information content (AvgIpc) is 2.77. The fraction of sp³-hybridized carbons (Fsp3) is 0.273. The van der Waals surface area contributed by atoms with Crippen molar-refractivity contribution in [1.29, 1.82) is 0 Å². The zero-order chi connectivity index (χ0) is 14.0. The van der Waals surface area contributed by atoms with Crippen molar-refractivity contribution in [1.82, 2.24) is 10.2 Å². The van der Waals surface area contributed by atoms with Crippen molar-refractivity contribution < 1.29 is 12.8 Å². The normalized spacial score (nSPS) is 11.8. The average molecular weight is 302 g/mol. The topological polar surface area (TPSA) is 85.1 Å². The summed E-state index contributed by atoms with van der Waals surface area (Å²) in [6.45, 7) is 3.73. The molecule has 102 valence electrons. The van der Waals surface area contributed by atoms with Crippen molar-refractivity contribution >= 4 is 27.6 Å². The summed E-state index contributed by atoms with van der Waals surface area (Å²) >= 11 is 5.76. The molecule has 1 N–H and O–H groups in total. The molecule has 0 bridgehead atoms. The SMILES string of the molecule is CC(C)c1nnc(NS(=O)(=O)c2cccc(Cl)c2)o1. The Bertz CT molecular complexity index is 682. The van der Waals surface area contributed by atoms with Crippen LogP contribution in [0.15, 0.2) is 33.6 Å². The minimum Gasteiger partial charge on any atom is -0.407 e. The molecule has 0 radical (unpaired) electrons. The summed E-state index contributed by atoms with van der Waals surface area (Å²) < 4.78 is 31.5. The van der Waals surface area contributed by atoms with Crippen LogP contribution in [0.25, 0.3) is 0 Å². The van der Waals surface area contributed by atoms with Crippen LogP contribution >= 0.6 is 11.6 Å². The monoisotopic (exact) mass is 301 g/mol. The highest BCUT2D eigenvalue weighted by Gasteiger charge is 2.18. The summed E-state index contributed by atoms with van der Waals surface area (Å²) in [5.74, 6) is 0.390. The van der Waals surface area contributed by atoms with E-state index in [0.29, 0.717) is 10.9 Å². The van der Waals surface area contributed by atoms with Gasteiger partial charge in [-0.15, -0.1) is 5.10 Å². The van der Waals surface area contributed by atoms with Gasteiger partial charge in [-0.1, -0.05) is 36.6 Å². The molecule has 2 aromatic rings. The summed E-state index contributed by atoms with van der Waals surface area (Å²) in [5.41, 5.74) is 0. The molecular weight excluding hydrogens is 290 g/mol. The molecule has 19 heavy (non-hydrogen) atoms. The van der Waals surface area contributed by atoms with Crippen LogP contribution < -0.4 is 4.72 Å². The van der Waals surface area contributed by atoms with Gasteiger partial charge in [0.1, 0.15) is 0 Å². The van der Waals surface area contributed by atoms with Crippen LogP contribution in [0.2, 0.25) is 5.02 Å². The Kier molecular flexibility index (Phi) is 3.77. The number of nitrogens with one attached hydrogen (secondary N) is 1. The number of benzene rings is 1. The number of sulfonamides is 1.